The monoisotopic (exact) mass is 335 g/mol. The Labute approximate surface area is 124 Å². The molecule has 5 nitrogen and oxygen atoms in total. The Balaban J connectivity index is 2.15. The Hall–Kier alpha value is -0.990. The molecule has 1 atom stereocenters. The molecule has 1 fully saturated rings. The maximum Gasteiger partial charge on any atom is 0.332 e. The van der Waals surface area contributed by atoms with E-state index < -0.39 is 25.1 Å². The van der Waals surface area contributed by atoms with Gasteiger partial charge in [0.05, 0.1) is 9.79 Å². The van der Waals surface area contributed by atoms with E-state index in [0.717, 1.165) is 49.9 Å². The summed E-state index contributed by atoms with van der Waals surface area (Å²) in [4.78, 5) is -0.620. The Kier molecular flexibility index (Phi) is 4.69. The molecular weight excluding hydrogens is 317 g/mol. The quantitative estimate of drug-likeness (QED) is 0.837. The highest BCUT2D eigenvalue weighted by atomic mass is 32.3. The lowest BCUT2D eigenvalue weighted by atomic mass is 10.0. The van der Waals surface area contributed by atoms with Gasteiger partial charge in [-0.05, 0) is 49.9 Å². The third-order valence-corrected chi connectivity index (χ3v) is 6.27. The minimum atomic E-state index is -4.82. The molecule has 0 heterocycles. The lowest BCUT2D eigenvalue weighted by Crippen LogP contribution is -2.37. The predicted molar refractivity (Wildman–Crippen MR) is 76.5 cm³/mol. The van der Waals surface area contributed by atoms with Gasteiger partial charge < -0.3 is 0 Å². The summed E-state index contributed by atoms with van der Waals surface area (Å²) in [5, 5.41) is 0. The van der Waals surface area contributed by atoms with Crippen LogP contribution in [0.2, 0.25) is 0 Å². The summed E-state index contributed by atoms with van der Waals surface area (Å²) in [5.41, 5.74) is 0. The lowest BCUT2D eigenvalue weighted by Gasteiger charge is -2.20. The van der Waals surface area contributed by atoms with Gasteiger partial charge in [0.2, 0.25) is 10.0 Å². The zero-order valence-corrected chi connectivity index (χ0v) is 13.3. The first kappa shape index (κ1) is 16.4. The Morgan fingerprint density at radius 1 is 1.05 bits per heavy atom. The van der Waals surface area contributed by atoms with Crippen molar-refractivity contribution >= 4 is 20.2 Å². The smallest absolute Gasteiger partial charge is 0.208 e. The number of benzene rings is 1. The summed E-state index contributed by atoms with van der Waals surface area (Å²) in [5.74, 6) is 0.324. The molecule has 0 bridgehead atoms. The third kappa shape index (κ3) is 4.02. The zero-order valence-electron chi connectivity index (χ0n) is 11.6. The average Bonchev–Trinajstić information content (AvgIpc) is 2.91. The van der Waals surface area contributed by atoms with Crippen LogP contribution >= 0.6 is 0 Å². The van der Waals surface area contributed by atoms with Gasteiger partial charge in [-0.25, -0.2) is 13.1 Å². The van der Waals surface area contributed by atoms with Crippen molar-refractivity contribution in [2.75, 3.05) is 0 Å². The van der Waals surface area contributed by atoms with E-state index in [2.05, 4.69) is 4.72 Å². The maximum atomic E-state index is 12.8. The fourth-order valence-electron chi connectivity index (χ4n) is 2.65. The normalized spacial score (nSPS) is 18.8. The highest BCUT2D eigenvalue weighted by Gasteiger charge is 2.26. The van der Waals surface area contributed by atoms with Gasteiger partial charge >= 0.3 is 10.2 Å². The highest BCUT2D eigenvalue weighted by Crippen LogP contribution is 2.28. The second-order valence-corrected chi connectivity index (χ2v) is 8.42. The van der Waals surface area contributed by atoms with E-state index in [9.17, 15) is 20.7 Å². The molecule has 0 amide bonds. The van der Waals surface area contributed by atoms with Crippen molar-refractivity contribution in [2.45, 2.75) is 48.4 Å². The Bertz CT molecular complexity index is 692. The summed E-state index contributed by atoms with van der Waals surface area (Å²) >= 11 is 0. The molecule has 0 aromatic heterocycles. The van der Waals surface area contributed by atoms with Gasteiger partial charge in [0.25, 0.3) is 0 Å². The van der Waals surface area contributed by atoms with E-state index in [1.807, 2.05) is 6.92 Å². The van der Waals surface area contributed by atoms with Gasteiger partial charge in [-0.15, -0.1) is 3.89 Å². The van der Waals surface area contributed by atoms with Crippen molar-refractivity contribution in [1.29, 1.82) is 0 Å². The van der Waals surface area contributed by atoms with Crippen molar-refractivity contribution in [3.8, 4) is 0 Å². The fraction of sp³-hybridized carbons (Fsp3) is 0.538. The number of hydrogen-bond acceptors (Lipinski definition) is 4. The van der Waals surface area contributed by atoms with Gasteiger partial charge in [0.15, 0.2) is 0 Å². The van der Waals surface area contributed by atoms with Crippen LogP contribution in [0.25, 0.3) is 0 Å². The first-order valence-corrected chi connectivity index (χ1v) is 9.64. The molecule has 1 aliphatic rings. The summed E-state index contributed by atoms with van der Waals surface area (Å²) in [6, 6.07) is 3.91. The van der Waals surface area contributed by atoms with E-state index in [-0.39, 0.29) is 10.9 Å². The molecule has 118 valence electrons. The molecule has 21 heavy (non-hydrogen) atoms. The lowest BCUT2D eigenvalue weighted by molar-refractivity contribution is 0.424. The van der Waals surface area contributed by atoms with Crippen molar-refractivity contribution in [1.82, 2.24) is 4.72 Å². The molecule has 8 heteroatoms. The number of rotatable bonds is 5. The van der Waals surface area contributed by atoms with Crippen LogP contribution in [0.3, 0.4) is 0 Å². The number of halogens is 1. The van der Waals surface area contributed by atoms with E-state index in [4.69, 9.17) is 0 Å². The van der Waals surface area contributed by atoms with Crippen molar-refractivity contribution in [2.24, 2.45) is 5.92 Å². The number of hydrogen-bond donors (Lipinski definition) is 1. The molecule has 1 aromatic rings. The molecule has 1 N–H and O–H groups in total. The molecule has 0 spiro atoms. The first-order valence-electron chi connectivity index (χ1n) is 6.77. The van der Waals surface area contributed by atoms with Crippen molar-refractivity contribution in [3.05, 3.63) is 24.3 Å². The highest BCUT2D eigenvalue weighted by molar-refractivity contribution is 7.89. The zero-order chi connectivity index (χ0) is 15.7. The minimum Gasteiger partial charge on any atom is -0.208 e. The van der Waals surface area contributed by atoms with Gasteiger partial charge in [-0.2, -0.15) is 8.42 Å². The molecule has 1 aliphatic carbocycles. The predicted octanol–water partition coefficient (Wildman–Crippen LogP) is 2.20. The molecular formula is C13H18FNO4S2. The third-order valence-electron chi connectivity index (χ3n) is 3.86. The van der Waals surface area contributed by atoms with E-state index in [1.165, 1.54) is 0 Å². The molecule has 0 saturated heterocycles. The largest absolute Gasteiger partial charge is 0.332 e. The molecule has 1 aromatic carbocycles. The summed E-state index contributed by atoms with van der Waals surface area (Å²) in [6.45, 7) is 1.83. The summed E-state index contributed by atoms with van der Waals surface area (Å²) in [6.07, 6.45) is 4.23. The van der Waals surface area contributed by atoms with Gasteiger partial charge in [0.1, 0.15) is 0 Å². The number of sulfonamides is 1. The average molecular weight is 335 g/mol. The minimum absolute atomic E-state index is 0.0697. The second kappa shape index (κ2) is 6.02. The Morgan fingerprint density at radius 3 is 2.00 bits per heavy atom. The van der Waals surface area contributed by atoms with Crippen LogP contribution < -0.4 is 4.72 Å². The van der Waals surface area contributed by atoms with Crippen LogP contribution in [0.5, 0.6) is 0 Å². The maximum absolute atomic E-state index is 12.8. The van der Waals surface area contributed by atoms with Gasteiger partial charge in [-0.1, -0.05) is 12.8 Å². The van der Waals surface area contributed by atoms with Crippen LogP contribution in [-0.2, 0) is 20.2 Å². The molecule has 2 rings (SSSR count). The second-order valence-electron chi connectivity index (χ2n) is 5.36. The van der Waals surface area contributed by atoms with E-state index in [0.29, 0.717) is 5.92 Å². The van der Waals surface area contributed by atoms with Gasteiger partial charge in [-0.3, -0.25) is 0 Å². The molecule has 0 radical (unpaired) electrons. The van der Waals surface area contributed by atoms with E-state index in [1.54, 1.807) is 0 Å². The van der Waals surface area contributed by atoms with Crippen LogP contribution in [0, 0.1) is 5.92 Å². The fourth-order valence-corrected chi connectivity index (χ4v) is 4.42. The van der Waals surface area contributed by atoms with Crippen LogP contribution in [-0.4, -0.2) is 22.9 Å². The van der Waals surface area contributed by atoms with Crippen LogP contribution in [0.1, 0.15) is 32.6 Å². The van der Waals surface area contributed by atoms with Crippen LogP contribution in [0.15, 0.2) is 34.1 Å². The molecule has 1 unspecified atom stereocenters. The topological polar surface area (TPSA) is 80.3 Å². The number of nitrogens with one attached hydrogen (secondary N) is 1. The molecule has 1 saturated carbocycles. The van der Waals surface area contributed by atoms with Crippen LogP contribution in [0.4, 0.5) is 3.89 Å². The summed E-state index contributed by atoms with van der Waals surface area (Å²) < 4.78 is 61.2. The van der Waals surface area contributed by atoms with Crippen molar-refractivity contribution in [3.63, 3.8) is 0 Å². The van der Waals surface area contributed by atoms with Gasteiger partial charge in [0, 0.05) is 6.04 Å². The first-order chi connectivity index (χ1) is 9.70. The SMILES string of the molecule is CC(NS(=O)(=O)c1ccc(S(=O)(=O)F)cc1)C1CCCC1. The molecule has 0 aliphatic heterocycles. The van der Waals surface area contributed by atoms with E-state index >= 15 is 0 Å². The Morgan fingerprint density at radius 2 is 1.52 bits per heavy atom. The van der Waals surface area contributed by atoms with Crippen molar-refractivity contribution < 1.29 is 20.7 Å². The summed E-state index contributed by atoms with van der Waals surface area (Å²) in [7, 11) is -8.54. The standard InChI is InChI=1S/C13H18FNO4S2/c1-10(11-4-2-3-5-11)15-21(18,19)13-8-6-12(7-9-13)20(14,16)17/h6-11,15H,2-5H2,1H3.